The van der Waals surface area contributed by atoms with Gasteiger partial charge in [0.05, 0.1) is 5.69 Å². The van der Waals surface area contributed by atoms with Crippen LogP contribution in [0.5, 0.6) is 5.75 Å². The Kier molecular flexibility index (Phi) is 2.65. The van der Waals surface area contributed by atoms with Crippen LogP contribution >= 0.6 is 0 Å². The Morgan fingerprint density at radius 2 is 2.12 bits per heavy atom. The predicted octanol–water partition coefficient (Wildman–Crippen LogP) is 1.93. The molecule has 0 unspecified atom stereocenters. The van der Waals surface area contributed by atoms with E-state index in [1.807, 2.05) is 6.07 Å². The highest BCUT2D eigenvalue weighted by atomic mass is 16.5. The van der Waals surface area contributed by atoms with Crippen molar-refractivity contribution in [3.8, 4) is 5.75 Å². The van der Waals surface area contributed by atoms with E-state index in [9.17, 15) is 9.59 Å². The van der Waals surface area contributed by atoms with Crippen LogP contribution in [0.15, 0.2) is 18.2 Å². The van der Waals surface area contributed by atoms with Crippen molar-refractivity contribution in [2.45, 2.75) is 32.8 Å². The molecule has 1 aliphatic heterocycles. The molecule has 0 radical (unpaired) electrons. The van der Waals surface area contributed by atoms with Crippen LogP contribution in [0.3, 0.4) is 0 Å². The van der Waals surface area contributed by atoms with Crippen molar-refractivity contribution in [3.05, 3.63) is 23.8 Å². The second-order valence-corrected chi connectivity index (χ2v) is 4.78. The molecule has 1 aromatic rings. The number of hydrogen-bond donors (Lipinski definition) is 1. The van der Waals surface area contributed by atoms with Crippen LogP contribution in [0.25, 0.3) is 0 Å². The number of ketones is 1. The normalized spacial score (nSPS) is 16.8. The van der Waals surface area contributed by atoms with Gasteiger partial charge in [-0.25, -0.2) is 0 Å². The van der Waals surface area contributed by atoms with E-state index in [-0.39, 0.29) is 11.7 Å². The van der Waals surface area contributed by atoms with Gasteiger partial charge in [-0.2, -0.15) is 0 Å². The summed E-state index contributed by atoms with van der Waals surface area (Å²) in [5, 5.41) is 2.78. The lowest BCUT2D eigenvalue weighted by Crippen LogP contribution is -2.45. The molecule has 1 aromatic carbocycles. The molecule has 4 nitrogen and oxygen atoms in total. The molecule has 0 atom stereocenters. The number of fused-ring (bicyclic) bond motifs is 1. The van der Waals surface area contributed by atoms with Gasteiger partial charge in [-0.1, -0.05) is 6.07 Å². The average molecular weight is 233 g/mol. The summed E-state index contributed by atoms with van der Waals surface area (Å²) in [6.45, 7) is 4.97. The lowest BCUT2D eigenvalue weighted by atomic mass is 10.0. The highest BCUT2D eigenvalue weighted by Crippen LogP contribution is 2.34. The average Bonchev–Trinajstić information content (AvgIpc) is 2.18. The number of Topliss-reactive ketones (excluding diaryl/α,β-unsaturated/α-hetero) is 1. The number of hydrogen-bond acceptors (Lipinski definition) is 3. The molecule has 4 heteroatoms. The fourth-order valence-corrected chi connectivity index (χ4v) is 1.75. The lowest BCUT2D eigenvalue weighted by Gasteiger charge is -2.31. The number of carbonyl (C=O) groups is 2. The number of rotatable bonds is 2. The zero-order chi connectivity index (χ0) is 12.6. The minimum Gasteiger partial charge on any atom is -0.476 e. The van der Waals surface area contributed by atoms with Gasteiger partial charge in [0.1, 0.15) is 11.5 Å². The molecule has 0 bridgehead atoms. The first-order valence-corrected chi connectivity index (χ1v) is 5.51. The Balaban J connectivity index is 2.34. The third kappa shape index (κ3) is 2.30. The highest BCUT2D eigenvalue weighted by molar-refractivity contribution is 6.00. The molecular weight excluding hydrogens is 218 g/mol. The predicted molar refractivity (Wildman–Crippen MR) is 64.2 cm³/mol. The topological polar surface area (TPSA) is 55.4 Å². The van der Waals surface area contributed by atoms with Crippen molar-refractivity contribution in [2.75, 3.05) is 5.32 Å². The van der Waals surface area contributed by atoms with E-state index in [0.717, 1.165) is 5.56 Å². The smallest absolute Gasteiger partial charge is 0.268 e. The first-order chi connectivity index (χ1) is 7.88. The molecule has 1 amide bonds. The largest absolute Gasteiger partial charge is 0.476 e. The van der Waals surface area contributed by atoms with Gasteiger partial charge in [0, 0.05) is 6.42 Å². The van der Waals surface area contributed by atoms with Crippen molar-refractivity contribution >= 4 is 17.4 Å². The number of ether oxygens (including phenoxy) is 1. The Hall–Kier alpha value is -1.84. The van der Waals surface area contributed by atoms with Crippen molar-refractivity contribution in [1.29, 1.82) is 0 Å². The summed E-state index contributed by atoms with van der Waals surface area (Å²) in [6, 6.07) is 5.39. The zero-order valence-electron chi connectivity index (χ0n) is 10.2. The summed E-state index contributed by atoms with van der Waals surface area (Å²) < 4.78 is 5.63. The van der Waals surface area contributed by atoms with E-state index in [1.165, 1.54) is 0 Å². The van der Waals surface area contributed by atoms with Gasteiger partial charge in [-0.3, -0.25) is 9.59 Å². The van der Waals surface area contributed by atoms with Gasteiger partial charge in [-0.05, 0) is 38.5 Å². The molecule has 0 fully saturated rings. The van der Waals surface area contributed by atoms with Crippen molar-refractivity contribution in [2.24, 2.45) is 0 Å². The van der Waals surface area contributed by atoms with E-state index in [4.69, 9.17) is 4.74 Å². The van der Waals surface area contributed by atoms with E-state index in [2.05, 4.69) is 5.32 Å². The molecule has 1 heterocycles. The molecule has 0 aliphatic carbocycles. The first kappa shape index (κ1) is 11.6. The van der Waals surface area contributed by atoms with E-state index < -0.39 is 5.60 Å². The van der Waals surface area contributed by atoms with Gasteiger partial charge in [0.15, 0.2) is 5.60 Å². The summed E-state index contributed by atoms with van der Waals surface area (Å²) in [6.07, 6.45) is 0.380. The summed E-state index contributed by atoms with van der Waals surface area (Å²) in [5.41, 5.74) is 0.673. The number of carbonyl (C=O) groups excluding carboxylic acids is 2. The number of anilines is 1. The van der Waals surface area contributed by atoms with Crippen LogP contribution < -0.4 is 10.1 Å². The maximum absolute atomic E-state index is 11.7. The fourth-order valence-electron chi connectivity index (χ4n) is 1.75. The van der Waals surface area contributed by atoms with Gasteiger partial charge in [-0.15, -0.1) is 0 Å². The van der Waals surface area contributed by atoms with Crippen LogP contribution in [0, 0.1) is 0 Å². The van der Waals surface area contributed by atoms with Crippen molar-refractivity contribution in [1.82, 2.24) is 0 Å². The molecule has 17 heavy (non-hydrogen) atoms. The second kappa shape index (κ2) is 3.87. The van der Waals surface area contributed by atoms with Gasteiger partial charge >= 0.3 is 0 Å². The van der Waals surface area contributed by atoms with Crippen LogP contribution in [-0.2, 0) is 16.0 Å². The van der Waals surface area contributed by atoms with Crippen molar-refractivity contribution in [3.63, 3.8) is 0 Å². The minimum absolute atomic E-state index is 0.101. The molecule has 1 aliphatic rings. The van der Waals surface area contributed by atoms with E-state index in [1.54, 1.807) is 32.9 Å². The third-order valence-corrected chi connectivity index (χ3v) is 2.66. The molecule has 1 N–H and O–H groups in total. The SMILES string of the molecule is CC(=O)Cc1ccc2c(c1)OC(C)(C)C(=O)N2. The zero-order valence-corrected chi connectivity index (χ0v) is 10.2. The molecule has 0 aromatic heterocycles. The lowest BCUT2D eigenvalue weighted by molar-refractivity contribution is -0.129. The quantitative estimate of drug-likeness (QED) is 0.849. The minimum atomic E-state index is -0.873. The first-order valence-electron chi connectivity index (χ1n) is 5.51. The Bertz CT molecular complexity index is 491. The summed E-state index contributed by atoms with van der Waals surface area (Å²) in [7, 11) is 0. The molecule has 0 saturated heterocycles. The monoisotopic (exact) mass is 233 g/mol. The molecule has 2 rings (SSSR count). The van der Waals surface area contributed by atoms with Crippen molar-refractivity contribution < 1.29 is 14.3 Å². The van der Waals surface area contributed by atoms with Crippen LogP contribution in [0.4, 0.5) is 5.69 Å². The molecule has 90 valence electrons. The fraction of sp³-hybridized carbons (Fsp3) is 0.385. The van der Waals surface area contributed by atoms with Crippen LogP contribution in [0.2, 0.25) is 0 Å². The number of benzene rings is 1. The third-order valence-electron chi connectivity index (χ3n) is 2.66. The summed E-state index contributed by atoms with van der Waals surface area (Å²) in [5.74, 6) is 0.557. The molecule has 0 saturated carbocycles. The summed E-state index contributed by atoms with van der Waals surface area (Å²) in [4.78, 5) is 22.7. The van der Waals surface area contributed by atoms with Gasteiger partial charge < -0.3 is 10.1 Å². The number of amides is 1. The molecular formula is C13H15NO3. The second-order valence-electron chi connectivity index (χ2n) is 4.78. The molecule has 0 spiro atoms. The van der Waals surface area contributed by atoms with Gasteiger partial charge in [0.2, 0.25) is 0 Å². The number of nitrogens with one attached hydrogen (secondary N) is 1. The Morgan fingerprint density at radius 1 is 1.41 bits per heavy atom. The summed E-state index contributed by atoms with van der Waals surface area (Å²) >= 11 is 0. The standard InChI is InChI=1S/C13H15NO3/c1-8(15)6-9-4-5-10-11(7-9)17-13(2,3)12(16)14-10/h4-5,7H,6H2,1-3H3,(H,14,16). The maximum Gasteiger partial charge on any atom is 0.268 e. The maximum atomic E-state index is 11.7. The van der Waals surface area contributed by atoms with E-state index in [0.29, 0.717) is 17.9 Å². The van der Waals surface area contributed by atoms with Crippen LogP contribution in [0.1, 0.15) is 26.3 Å². The van der Waals surface area contributed by atoms with Gasteiger partial charge in [0.25, 0.3) is 5.91 Å². The Labute approximate surface area is 100.0 Å². The van der Waals surface area contributed by atoms with Crippen LogP contribution in [-0.4, -0.2) is 17.3 Å². The highest BCUT2D eigenvalue weighted by Gasteiger charge is 2.35. The Morgan fingerprint density at radius 3 is 2.76 bits per heavy atom. The van der Waals surface area contributed by atoms with E-state index >= 15 is 0 Å².